The van der Waals surface area contributed by atoms with E-state index in [-0.39, 0.29) is 6.29 Å². The molecule has 1 aromatic carbocycles. The van der Waals surface area contributed by atoms with E-state index in [9.17, 15) is 0 Å². The number of ether oxygens (including phenoxy) is 2. The summed E-state index contributed by atoms with van der Waals surface area (Å²) in [5, 5.41) is 4.02. The minimum Gasteiger partial charge on any atom is -0.352 e. The molecule has 0 saturated carbocycles. The third-order valence-electron chi connectivity index (χ3n) is 2.33. The van der Waals surface area contributed by atoms with Crippen molar-refractivity contribution in [3.63, 3.8) is 0 Å². The zero-order valence-electron chi connectivity index (χ0n) is 10.7. The fraction of sp³-hybridized carbons (Fsp3) is 0.538. The molecule has 0 aliphatic heterocycles. The molecule has 102 valence electrons. The number of hydrogen-bond donors (Lipinski definition) is 1. The monoisotopic (exact) mass is 335 g/mol. The summed E-state index contributed by atoms with van der Waals surface area (Å²) in [5.41, 5.74) is 1.13. The Hall–Kier alpha value is -0.130. The van der Waals surface area contributed by atoms with E-state index in [2.05, 4.69) is 21.2 Å². The average Bonchev–Trinajstić information content (AvgIpc) is 2.34. The Labute approximate surface area is 122 Å². The Morgan fingerprint density at radius 2 is 1.94 bits per heavy atom. The Morgan fingerprint density at radius 1 is 1.28 bits per heavy atom. The summed E-state index contributed by atoms with van der Waals surface area (Å²) in [4.78, 5) is 0. The van der Waals surface area contributed by atoms with Crippen LogP contribution >= 0.6 is 27.5 Å². The summed E-state index contributed by atoms with van der Waals surface area (Å²) in [7, 11) is 0. The zero-order valence-corrected chi connectivity index (χ0v) is 13.1. The van der Waals surface area contributed by atoms with E-state index in [1.165, 1.54) is 0 Å². The molecule has 1 rings (SSSR count). The van der Waals surface area contributed by atoms with Crippen LogP contribution in [0.3, 0.4) is 0 Å². The summed E-state index contributed by atoms with van der Waals surface area (Å²) in [5.74, 6) is 0. The van der Waals surface area contributed by atoms with Gasteiger partial charge in [0.1, 0.15) is 0 Å². The van der Waals surface area contributed by atoms with Gasteiger partial charge in [0, 0.05) is 30.8 Å². The number of rotatable bonds is 8. The van der Waals surface area contributed by atoms with Crippen LogP contribution in [-0.4, -0.2) is 26.0 Å². The highest BCUT2D eigenvalue weighted by Crippen LogP contribution is 2.22. The molecular formula is C13H19BrClNO2. The van der Waals surface area contributed by atoms with E-state index in [0.717, 1.165) is 21.6 Å². The topological polar surface area (TPSA) is 30.5 Å². The summed E-state index contributed by atoms with van der Waals surface area (Å²) in [6, 6.07) is 5.91. The largest absolute Gasteiger partial charge is 0.352 e. The van der Waals surface area contributed by atoms with Crippen LogP contribution in [0.25, 0.3) is 0 Å². The lowest BCUT2D eigenvalue weighted by Crippen LogP contribution is -2.31. The third-order valence-corrected chi connectivity index (χ3v) is 3.56. The zero-order chi connectivity index (χ0) is 13.4. The number of hydrogen-bond acceptors (Lipinski definition) is 3. The molecule has 0 spiro atoms. The van der Waals surface area contributed by atoms with Crippen LogP contribution in [0.1, 0.15) is 19.4 Å². The van der Waals surface area contributed by atoms with Crippen LogP contribution in [-0.2, 0) is 16.0 Å². The number of halogens is 2. The van der Waals surface area contributed by atoms with Crippen molar-refractivity contribution in [3.8, 4) is 0 Å². The van der Waals surface area contributed by atoms with Crippen molar-refractivity contribution < 1.29 is 9.47 Å². The van der Waals surface area contributed by atoms with Gasteiger partial charge in [0.2, 0.25) is 0 Å². The van der Waals surface area contributed by atoms with Gasteiger partial charge in [-0.3, -0.25) is 0 Å². The van der Waals surface area contributed by atoms with E-state index >= 15 is 0 Å². The molecule has 0 unspecified atom stereocenters. The van der Waals surface area contributed by atoms with Crippen LogP contribution in [0, 0.1) is 0 Å². The van der Waals surface area contributed by atoms with E-state index in [4.69, 9.17) is 21.1 Å². The predicted octanol–water partition coefficient (Wildman–Crippen LogP) is 3.59. The van der Waals surface area contributed by atoms with Gasteiger partial charge >= 0.3 is 0 Å². The molecule has 0 aromatic heterocycles. The molecule has 0 aliphatic carbocycles. The van der Waals surface area contributed by atoms with Crippen molar-refractivity contribution in [2.24, 2.45) is 0 Å². The van der Waals surface area contributed by atoms with E-state index in [0.29, 0.717) is 19.8 Å². The lowest BCUT2D eigenvalue weighted by Gasteiger charge is -2.17. The van der Waals surface area contributed by atoms with E-state index in [1.54, 1.807) is 0 Å². The second-order valence-electron chi connectivity index (χ2n) is 3.72. The predicted molar refractivity (Wildman–Crippen MR) is 77.9 cm³/mol. The summed E-state index contributed by atoms with van der Waals surface area (Å²) >= 11 is 9.40. The molecule has 0 fully saturated rings. The first-order valence-electron chi connectivity index (χ1n) is 6.05. The maximum atomic E-state index is 6.03. The first-order valence-corrected chi connectivity index (χ1v) is 7.22. The molecule has 0 saturated heterocycles. The lowest BCUT2D eigenvalue weighted by molar-refractivity contribution is -0.133. The van der Waals surface area contributed by atoms with Gasteiger partial charge in [-0.25, -0.2) is 0 Å². The molecule has 1 aromatic rings. The Balaban J connectivity index is 2.37. The van der Waals surface area contributed by atoms with Gasteiger partial charge in [-0.05, 0) is 47.5 Å². The van der Waals surface area contributed by atoms with Crippen LogP contribution in [0.4, 0.5) is 0 Å². The minimum absolute atomic E-state index is 0.189. The molecule has 0 amide bonds. The first kappa shape index (κ1) is 15.9. The van der Waals surface area contributed by atoms with Crippen molar-refractivity contribution in [1.29, 1.82) is 0 Å². The van der Waals surface area contributed by atoms with Crippen LogP contribution in [0.2, 0.25) is 5.02 Å². The smallest absolute Gasteiger partial charge is 0.169 e. The first-order chi connectivity index (χ1) is 8.67. The van der Waals surface area contributed by atoms with Crippen LogP contribution in [0.15, 0.2) is 22.7 Å². The third kappa shape index (κ3) is 5.67. The molecule has 1 N–H and O–H groups in total. The SMILES string of the molecule is CCOC(CNCc1ccc(Br)c(Cl)c1)OCC. The molecule has 0 atom stereocenters. The van der Waals surface area contributed by atoms with Crippen molar-refractivity contribution >= 4 is 27.5 Å². The van der Waals surface area contributed by atoms with Gasteiger partial charge in [-0.15, -0.1) is 0 Å². The molecule has 0 bridgehead atoms. The van der Waals surface area contributed by atoms with Crippen LogP contribution < -0.4 is 5.32 Å². The van der Waals surface area contributed by atoms with Gasteiger partial charge in [-0.1, -0.05) is 17.7 Å². The molecule has 0 aliphatic rings. The molecule has 18 heavy (non-hydrogen) atoms. The quantitative estimate of drug-likeness (QED) is 0.736. The Morgan fingerprint density at radius 3 is 2.50 bits per heavy atom. The maximum Gasteiger partial charge on any atom is 0.169 e. The molecular weight excluding hydrogens is 318 g/mol. The van der Waals surface area contributed by atoms with Crippen LogP contribution in [0.5, 0.6) is 0 Å². The Bertz CT molecular complexity index is 357. The molecule has 5 heteroatoms. The number of benzene rings is 1. The number of nitrogens with one attached hydrogen (secondary N) is 1. The van der Waals surface area contributed by atoms with Gasteiger partial charge in [0.25, 0.3) is 0 Å². The lowest BCUT2D eigenvalue weighted by atomic mass is 10.2. The van der Waals surface area contributed by atoms with Gasteiger partial charge < -0.3 is 14.8 Å². The van der Waals surface area contributed by atoms with Gasteiger partial charge in [0.05, 0.1) is 5.02 Å². The highest BCUT2D eigenvalue weighted by atomic mass is 79.9. The van der Waals surface area contributed by atoms with E-state index in [1.807, 2.05) is 32.0 Å². The highest BCUT2D eigenvalue weighted by Gasteiger charge is 2.07. The fourth-order valence-corrected chi connectivity index (χ4v) is 1.97. The molecule has 0 radical (unpaired) electrons. The van der Waals surface area contributed by atoms with Crippen molar-refractivity contribution in [2.75, 3.05) is 19.8 Å². The summed E-state index contributed by atoms with van der Waals surface area (Å²) in [6.45, 7) is 6.62. The highest BCUT2D eigenvalue weighted by molar-refractivity contribution is 9.10. The summed E-state index contributed by atoms with van der Waals surface area (Å²) in [6.07, 6.45) is -0.189. The minimum atomic E-state index is -0.189. The second kappa shape index (κ2) is 8.88. The van der Waals surface area contributed by atoms with Crippen molar-refractivity contribution in [1.82, 2.24) is 5.32 Å². The fourth-order valence-electron chi connectivity index (χ4n) is 1.52. The Kier molecular flexibility index (Phi) is 7.86. The van der Waals surface area contributed by atoms with Crippen molar-refractivity contribution in [3.05, 3.63) is 33.3 Å². The maximum absolute atomic E-state index is 6.03. The standard InChI is InChI=1S/C13H19BrClNO2/c1-3-17-13(18-4-2)9-16-8-10-5-6-11(14)12(15)7-10/h5-7,13,16H,3-4,8-9H2,1-2H3. The normalized spacial score (nSPS) is 11.2. The van der Waals surface area contributed by atoms with Crippen molar-refractivity contribution in [2.45, 2.75) is 26.7 Å². The molecule has 3 nitrogen and oxygen atoms in total. The second-order valence-corrected chi connectivity index (χ2v) is 4.98. The van der Waals surface area contributed by atoms with Gasteiger partial charge in [-0.2, -0.15) is 0 Å². The van der Waals surface area contributed by atoms with Gasteiger partial charge in [0.15, 0.2) is 6.29 Å². The summed E-state index contributed by atoms with van der Waals surface area (Å²) < 4.78 is 11.8. The molecule has 0 heterocycles. The van der Waals surface area contributed by atoms with E-state index < -0.39 is 0 Å². The average molecular weight is 337 g/mol.